The van der Waals surface area contributed by atoms with Gasteiger partial charge in [-0.15, -0.1) is 0 Å². The molecule has 0 aliphatic heterocycles. The summed E-state index contributed by atoms with van der Waals surface area (Å²) >= 11 is 1.55. The van der Waals surface area contributed by atoms with Crippen molar-refractivity contribution in [1.29, 1.82) is 0 Å². The average Bonchev–Trinajstić information content (AvgIpc) is 3.41. The van der Waals surface area contributed by atoms with Gasteiger partial charge in [0, 0.05) is 19.2 Å². The van der Waals surface area contributed by atoms with Gasteiger partial charge in [-0.3, -0.25) is 4.79 Å². The van der Waals surface area contributed by atoms with Crippen molar-refractivity contribution >= 4 is 38.6 Å². The molecular formula is C25H23N5OS. The molecule has 0 radical (unpaired) electrons. The van der Waals surface area contributed by atoms with Crippen molar-refractivity contribution in [3.05, 3.63) is 78.2 Å². The number of imidazole rings is 1. The topological polar surface area (TPSA) is 72.7 Å². The number of amides is 1. The van der Waals surface area contributed by atoms with E-state index in [0.717, 1.165) is 43.1 Å². The van der Waals surface area contributed by atoms with E-state index < -0.39 is 5.41 Å². The van der Waals surface area contributed by atoms with Gasteiger partial charge in [-0.1, -0.05) is 59.9 Å². The fraction of sp³-hybridized carbons (Fsp3) is 0.200. The largest absolute Gasteiger partial charge is 0.351 e. The third kappa shape index (κ3) is 3.54. The standard InChI is InChI=1S/C25H23N5OS/c1-25(2,24(31)27-13-16-8-5-4-6-9-16)18-11-7-10-17(12-18)22-29-20-21-19(28-15-30(21)3)14-26-23(20)32-22/h4-12,14-15H,13H2,1-3H3,(H,27,31). The van der Waals surface area contributed by atoms with Crippen LogP contribution in [0.25, 0.3) is 32.0 Å². The highest BCUT2D eigenvalue weighted by molar-refractivity contribution is 7.21. The van der Waals surface area contributed by atoms with Gasteiger partial charge >= 0.3 is 0 Å². The predicted octanol–water partition coefficient (Wildman–Crippen LogP) is 4.84. The van der Waals surface area contributed by atoms with Crippen molar-refractivity contribution in [3.8, 4) is 10.6 Å². The molecule has 5 aromatic rings. The number of pyridine rings is 1. The Morgan fingerprint density at radius 2 is 1.91 bits per heavy atom. The van der Waals surface area contributed by atoms with Crippen LogP contribution in [0.3, 0.4) is 0 Å². The molecule has 2 aromatic carbocycles. The van der Waals surface area contributed by atoms with Gasteiger partial charge in [-0.25, -0.2) is 15.0 Å². The third-order valence-corrected chi connectivity index (χ3v) is 6.81. The van der Waals surface area contributed by atoms with E-state index in [0.29, 0.717) is 6.54 Å². The minimum absolute atomic E-state index is 0.0129. The Kier molecular flexibility index (Phi) is 4.98. The first-order valence-electron chi connectivity index (χ1n) is 10.4. The SMILES string of the molecule is Cn1cnc2cnc3sc(-c4cccc(C(C)(C)C(=O)NCc5ccccc5)c4)nc3c21. The van der Waals surface area contributed by atoms with Crippen LogP contribution < -0.4 is 5.32 Å². The van der Waals surface area contributed by atoms with E-state index in [1.807, 2.05) is 74.0 Å². The first-order chi connectivity index (χ1) is 15.4. The van der Waals surface area contributed by atoms with E-state index in [1.54, 1.807) is 23.9 Å². The van der Waals surface area contributed by atoms with Gasteiger partial charge in [-0.05, 0) is 31.0 Å². The minimum Gasteiger partial charge on any atom is -0.351 e. The highest BCUT2D eigenvalue weighted by Crippen LogP contribution is 2.34. The van der Waals surface area contributed by atoms with E-state index in [-0.39, 0.29) is 5.91 Å². The number of aryl methyl sites for hydroxylation is 1. The van der Waals surface area contributed by atoms with Crippen molar-refractivity contribution in [2.75, 3.05) is 0 Å². The number of aromatic nitrogens is 4. The maximum atomic E-state index is 13.0. The first kappa shape index (κ1) is 20.3. The number of nitrogens with zero attached hydrogens (tertiary/aromatic N) is 4. The molecule has 0 spiro atoms. The lowest BCUT2D eigenvalue weighted by Gasteiger charge is -2.24. The molecule has 1 N–H and O–H groups in total. The third-order valence-electron chi connectivity index (χ3n) is 5.80. The molecule has 160 valence electrons. The van der Waals surface area contributed by atoms with Crippen molar-refractivity contribution in [2.24, 2.45) is 7.05 Å². The summed E-state index contributed by atoms with van der Waals surface area (Å²) in [7, 11) is 1.96. The molecule has 0 bridgehead atoms. The maximum absolute atomic E-state index is 13.0. The number of fused-ring (bicyclic) bond motifs is 3. The Balaban J connectivity index is 1.45. The number of rotatable bonds is 5. The lowest BCUT2D eigenvalue weighted by molar-refractivity contribution is -0.125. The van der Waals surface area contributed by atoms with E-state index in [9.17, 15) is 4.79 Å². The van der Waals surface area contributed by atoms with Gasteiger partial charge in [0.05, 0.1) is 23.5 Å². The summed E-state index contributed by atoms with van der Waals surface area (Å²) in [6, 6.07) is 18.0. The zero-order valence-electron chi connectivity index (χ0n) is 18.2. The molecular weight excluding hydrogens is 418 g/mol. The normalized spacial score (nSPS) is 11.8. The van der Waals surface area contributed by atoms with Crippen LogP contribution in [-0.2, 0) is 23.8 Å². The molecule has 7 heteroatoms. The molecule has 0 fully saturated rings. The summed E-state index contributed by atoms with van der Waals surface area (Å²) < 4.78 is 1.97. The van der Waals surface area contributed by atoms with Crippen LogP contribution in [0.15, 0.2) is 67.1 Å². The van der Waals surface area contributed by atoms with Crippen LogP contribution in [0.4, 0.5) is 0 Å². The highest BCUT2D eigenvalue weighted by Gasteiger charge is 2.30. The number of carbonyl (C=O) groups is 1. The predicted molar refractivity (Wildman–Crippen MR) is 128 cm³/mol. The van der Waals surface area contributed by atoms with Gasteiger partial charge in [0.1, 0.15) is 20.9 Å². The van der Waals surface area contributed by atoms with Gasteiger partial charge in [-0.2, -0.15) is 0 Å². The molecule has 0 aliphatic carbocycles. The number of carbonyl (C=O) groups excluding carboxylic acids is 1. The lowest BCUT2D eigenvalue weighted by Crippen LogP contribution is -2.39. The van der Waals surface area contributed by atoms with Crippen LogP contribution in [-0.4, -0.2) is 25.4 Å². The van der Waals surface area contributed by atoms with Gasteiger partial charge in [0.2, 0.25) is 5.91 Å². The van der Waals surface area contributed by atoms with E-state index in [1.165, 1.54) is 0 Å². The van der Waals surface area contributed by atoms with E-state index in [2.05, 4.69) is 21.4 Å². The number of thiazole rings is 1. The summed E-state index contributed by atoms with van der Waals surface area (Å²) in [6.45, 7) is 4.41. The van der Waals surface area contributed by atoms with Gasteiger partial charge < -0.3 is 9.88 Å². The maximum Gasteiger partial charge on any atom is 0.230 e. The zero-order chi connectivity index (χ0) is 22.3. The summed E-state index contributed by atoms with van der Waals surface area (Å²) in [5.41, 5.74) is 4.98. The fourth-order valence-electron chi connectivity index (χ4n) is 3.80. The first-order valence-corrected chi connectivity index (χ1v) is 11.2. The summed E-state index contributed by atoms with van der Waals surface area (Å²) in [6.07, 6.45) is 3.57. The van der Waals surface area contributed by atoms with Crippen LogP contribution >= 0.6 is 11.3 Å². The smallest absolute Gasteiger partial charge is 0.230 e. The molecule has 6 nitrogen and oxygen atoms in total. The fourth-order valence-corrected chi connectivity index (χ4v) is 4.71. The Labute approximate surface area is 190 Å². The second kappa shape index (κ2) is 7.84. The highest BCUT2D eigenvalue weighted by atomic mass is 32.1. The average molecular weight is 442 g/mol. The summed E-state index contributed by atoms with van der Waals surface area (Å²) in [5.74, 6) is -0.0129. The number of hydrogen-bond acceptors (Lipinski definition) is 5. The molecule has 3 heterocycles. The molecule has 0 aliphatic rings. The molecule has 0 saturated carbocycles. The summed E-state index contributed by atoms with van der Waals surface area (Å²) in [4.78, 5) is 27.7. The number of hydrogen-bond donors (Lipinski definition) is 1. The summed E-state index contributed by atoms with van der Waals surface area (Å²) in [5, 5.41) is 3.95. The molecule has 5 rings (SSSR count). The quantitative estimate of drug-likeness (QED) is 0.424. The van der Waals surface area contributed by atoms with Gasteiger partial charge in [0.15, 0.2) is 0 Å². The second-order valence-electron chi connectivity index (χ2n) is 8.39. The van der Waals surface area contributed by atoms with Crippen LogP contribution in [0.2, 0.25) is 0 Å². The zero-order valence-corrected chi connectivity index (χ0v) is 19.0. The van der Waals surface area contributed by atoms with Crippen LogP contribution in [0, 0.1) is 0 Å². The lowest BCUT2D eigenvalue weighted by atomic mass is 9.83. The monoisotopic (exact) mass is 441 g/mol. The van der Waals surface area contributed by atoms with E-state index in [4.69, 9.17) is 4.98 Å². The molecule has 32 heavy (non-hydrogen) atoms. The minimum atomic E-state index is -0.685. The van der Waals surface area contributed by atoms with E-state index >= 15 is 0 Å². The van der Waals surface area contributed by atoms with Crippen molar-refractivity contribution in [2.45, 2.75) is 25.8 Å². The van der Waals surface area contributed by atoms with Crippen molar-refractivity contribution < 1.29 is 4.79 Å². The van der Waals surface area contributed by atoms with Crippen molar-refractivity contribution in [1.82, 2.24) is 24.8 Å². The Morgan fingerprint density at radius 3 is 2.72 bits per heavy atom. The van der Waals surface area contributed by atoms with Crippen molar-refractivity contribution in [3.63, 3.8) is 0 Å². The molecule has 0 atom stereocenters. The van der Waals surface area contributed by atoms with Crippen LogP contribution in [0.1, 0.15) is 25.0 Å². The molecule has 0 unspecified atom stereocenters. The Bertz CT molecular complexity index is 1440. The Morgan fingerprint density at radius 1 is 1.09 bits per heavy atom. The van der Waals surface area contributed by atoms with Crippen LogP contribution in [0.5, 0.6) is 0 Å². The number of nitrogens with one attached hydrogen (secondary N) is 1. The molecule has 3 aromatic heterocycles. The van der Waals surface area contributed by atoms with Gasteiger partial charge in [0.25, 0.3) is 0 Å². The molecule has 0 saturated heterocycles. The Hall–Kier alpha value is -3.58. The second-order valence-corrected chi connectivity index (χ2v) is 9.37. The number of benzene rings is 2. The molecule has 1 amide bonds.